The van der Waals surface area contributed by atoms with Gasteiger partial charge in [0.2, 0.25) is 0 Å². The molecular weight excluding hydrogens is 301 g/mol. The van der Waals surface area contributed by atoms with Gasteiger partial charge in [0.15, 0.2) is 5.43 Å². The first-order valence-corrected chi connectivity index (χ1v) is 6.48. The van der Waals surface area contributed by atoms with Crippen molar-refractivity contribution in [1.29, 1.82) is 0 Å². The number of aromatic carboxylic acids is 1. The molecule has 0 saturated heterocycles. The van der Waals surface area contributed by atoms with Crippen molar-refractivity contribution in [3.63, 3.8) is 0 Å². The molecular formula is C14H11Cl2NO3. The fourth-order valence-corrected chi connectivity index (χ4v) is 2.31. The number of carbonyl (C=O) groups is 1. The zero-order valence-electron chi connectivity index (χ0n) is 10.8. The average molecular weight is 312 g/mol. The number of carboxylic acid groups (broad SMARTS) is 1. The molecule has 0 fully saturated rings. The van der Waals surface area contributed by atoms with Crippen LogP contribution in [0.3, 0.4) is 0 Å². The van der Waals surface area contributed by atoms with Crippen LogP contribution in [0.15, 0.2) is 29.1 Å². The quantitative estimate of drug-likeness (QED) is 0.925. The lowest BCUT2D eigenvalue weighted by atomic mass is 10.0. The second-order valence-electron chi connectivity index (χ2n) is 4.37. The third kappa shape index (κ3) is 2.44. The Morgan fingerprint density at radius 1 is 1.20 bits per heavy atom. The highest BCUT2D eigenvalue weighted by Crippen LogP contribution is 2.29. The van der Waals surface area contributed by atoms with Gasteiger partial charge in [-0.1, -0.05) is 29.3 Å². The predicted octanol–water partition coefficient (Wildman–Crippen LogP) is 3.37. The van der Waals surface area contributed by atoms with E-state index < -0.39 is 11.4 Å². The summed E-state index contributed by atoms with van der Waals surface area (Å²) in [4.78, 5) is 23.3. The van der Waals surface area contributed by atoms with Crippen LogP contribution >= 0.6 is 23.2 Å². The number of halogens is 2. The van der Waals surface area contributed by atoms with Crippen molar-refractivity contribution >= 4 is 29.2 Å². The molecule has 0 amide bonds. The van der Waals surface area contributed by atoms with Gasteiger partial charge in [-0.3, -0.25) is 4.79 Å². The number of hydrogen-bond acceptors (Lipinski definition) is 2. The number of nitrogens with zero attached hydrogens (tertiary/aromatic N) is 1. The summed E-state index contributed by atoms with van der Waals surface area (Å²) in [5, 5.41) is 9.94. The molecule has 1 heterocycles. The number of carboxylic acids is 1. The standard InChI is InChI=1S/C14H11Cl2NO3/c1-7-5-11(18)12(14(19)20)13(17(7)2)8-3-4-9(15)10(16)6-8/h3-6H,1-2H3,(H,19,20). The maximum atomic E-state index is 11.9. The van der Waals surface area contributed by atoms with Crippen molar-refractivity contribution in [3.8, 4) is 11.3 Å². The lowest BCUT2D eigenvalue weighted by molar-refractivity contribution is 0.0695. The summed E-state index contributed by atoms with van der Waals surface area (Å²) in [5.74, 6) is -1.27. The van der Waals surface area contributed by atoms with Crippen LogP contribution in [0.1, 0.15) is 16.1 Å². The van der Waals surface area contributed by atoms with E-state index in [1.807, 2.05) is 0 Å². The number of aromatic nitrogens is 1. The fourth-order valence-electron chi connectivity index (χ4n) is 2.01. The highest BCUT2D eigenvalue weighted by molar-refractivity contribution is 6.42. The van der Waals surface area contributed by atoms with Gasteiger partial charge in [0, 0.05) is 24.4 Å². The summed E-state index contributed by atoms with van der Waals surface area (Å²) in [6.45, 7) is 1.73. The minimum Gasteiger partial charge on any atom is -0.477 e. The van der Waals surface area contributed by atoms with Crippen molar-refractivity contribution in [2.45, 2.75) is 6.92 Å². The smallest absolute Gasteiger partial charge is 0.341 e. The normalized spacial score (nSPS) is 10.6. The molecule has 1 N–H and O–H groups in total. The monoisotopic (exact) mass is 311 g/mol. The number of rotatable bonds is 2. The summed E-state index contributed by atoms with van der Waals surface area (Å²) < 4.78 is 1.64. The van der Waals surface area contributed by atoms with E-state index in [1.54, 1.807) is 36.7 Å². The lowest BCUT2D eigenvalue weighted by Crippen LogP contribution is -2.21. The van der Waals surface area contributed by atoms with Gasteiger partial charge in [0.05, 0.1) is 15.7 Å². The number of benzene rings is 1. The molecule has 4 nitrogen and oxygen atoms in total. The predicted molar refractivity (Wildman–Crippen MR) is 78.8 cm³/mol. The Balaban J connectivity index is 2.87. The molecule has 0 spiro atoms. The first kappa shape index (κ1) is 14.6. The van der Waals surface area contributed by atoms with Crippen molar-refractivity contribution in [3.05, 3.63) is 55.8 Å². The first-order chi connectivity index (χ1) is 9.32. The van der Waals surface area contributed by atoms with Gasteiger partial charge in [-0.05, 0) is 19.1 Å². The van der Waals surface area contributed by atoms with E-state index in [0.29, 0.717) is 27.0 Å². The summed E-state index contributed by atoms with van der Waals surface area (Å²) in [5.41, 5.74) is 0.674. The molecule has 6 heteroatoms. The van der Waals surface area contributed by atoms with Crippen LogP contribution in [0.2, 0.25) is 10.0 Å². The van der Waals surface area contributed by atoms with Crippen molar-refractivity contribution in [2.75, 3.05) is 0 Å². The van der Waals surface area contributed by atoms with E-state index in [2.05, 4.69) is 0 Å². The van der Waals surface area contributed by atoms with Crippen molar-refractivity contribution < 1.29 is 9.90 Å². The van der Waals surface area contributed by atoms with Gasteiger partial charge in [-0.15, -0.1) is 0 Å². The second-order valence-corrected chi connectivity index (χ2v) is 5.18. The molecule has 0 unspecified atom stereocenters. The highest BCUT2D eigenvalue weighted by Gasteiger charge is 2.20. The third-order valence-corrected chi connectivity index (χ3v) is 3.83. The Labute approximate surface area is 125 Å². The first-order valence-electron chi connectivity index (χ1n) is 5.72. The minimum atomic E-state index is -1.27. The molecule has 0 radical (unpaired) electrons. The van der Waals surface area contributed by atoms with Gasteiger partial charge in [-0.2, -0.15) is 0 Å². The summed E-state index contributed by atoms with van der Waals surface area (Å²) in [6.07, 6.45) is 0. The van der Waals surface area contributed by atoms with E-state index in [9.17, 15) is 14.7 Å². The second kappa shape index (κ2) is 5.31. The Morgan fingerprint density at radius 2 is 1.85 bits per heavy atom. The number of hydrogen-bond donors (Lipinski definition) is 1. The SMILES string of the molecule is Cc1cc(=O)c(C(=O)O)c(-c2ccc(Cl)c(Cl)c2)n1C. The molecule has 0 aliphatic rings. The lowest BCUT2D eigenvalue weighted by Gasteiger charge is -2.15. The van der Waals surface area contributed by atoms with Crippen LogP contribution < -0.4 is 5.43 Å². The van der Waals surface area contributed by atoms with Gasteiger partial charge < -0.3 is 9.67 Å². The Hall–Kier alpha value is -1.78. The Morgan fingerprint density at radius 3 is 2.40 bits per heavy atom. The zero-order valence-corrected chi connectivity index (χ0v) is 12.3. The maximum Gasteiger partial charge on any atom is 0.341 e. The summed E-state index contributed by atoms with van der Waals surface area (Å²) in [6, 6.07) is 6.04. The molecule has 104 valence electrons. The van der Waals surface area contributed by atoms with Gasteiger partial charge >= 0.3 is 5.97 Å². The molecule has 0 atom stereocenters. The van der Waals surface area contributed by atoms with Crippen LogP contribution in [0.4, 0.5) is 0 Å². The minimum absolute atomic E-state index is 0.281. The van der Waals surface area contributed by atoms with E-state index >= 15 is 0 Å². The van der Waals surface area contributed by atoms with Crippen LogP contribution in [-0.4, -0.2) is 15.6 Å². The topological polar surface area (TPSA) is 59.3 Å². The Bertz CT molecular complexity index is 766. The number of pyridine rings is 1. The molecule has 20 heavy (non-hydrogen) atoms. The van der Waals surface area contributed by atoms with Crippen molar-refractivity contribution in [1.82, 2.24) is 4.57 Å². The Kier molecular flexibility index (Phi) is 3.88. The molecule has 1 aromatic heterocycles. The number of aryl methyl sites for hydroxylation is 1. The van der Waals surface area contributed by atoms with Crippen LogP contribution in [0.5, 0.6) is 0 Å². The van der Waals surface area contributed by atoms with E-state index in [4.69, 9.17) is 23.2 Å². The van der Waals surface area contributed by atoms with Crippen LogP contribution in [0, 0.1) is 6.92 Å². The van der Waals surface area contributed by atoms with Crippen molar-refractivity contribution in [2.24, 2.45) is 7.05 Å². The molecule has 2 rings (SSSR count). The maximum absolute atomic E-state index is 11.9. The molecule has 0 aliphatic heterocycles. The van der Waals surface area contributed by atoms with Crippen LogP contribution in [0.25, 0.3) is 11.3 Å². The average Bonchev–Trinajstić information content (AvgIpc) is 2.36. The van der Waals surface area contributed by atoms with Gasteiger partial charge in [0.25, 0.3) is 0 Å². The van der Waals surface area contributed by atoms with E-state index in [1.165, 1.54) is 6.07 Å². The summed E-state index contributed by atoms with van der Waals surface area (Å²) >= 11 is 11.8. The molecule has 0 aliphatic carbocycles. The highest BCUT2D eigenvalue weighted by atomic mass is 35.5. The van der Waals surface area contributed by atoms with Crippen LogP contribution in [-0.2, 0) is 7.05 Å². The molecule has 1 aromatic carbocycles. The largest absolute Gasteiger partial charge is 0.477 e. The molecule has 0 saturated carbocycles. The van der Waals surface area contributed by atoms with Gasteiger partial charge in [-0.25, -0.2) is 4.79 Å². The van der Waals surface area contributed by atoms with E-state index in [0.717, 1.165) is 0 Å². The zero-order chi connectivity index (χ0) is 15.0. The third-order valence-electron chi connectivity index (χ3n) is 3.09. The van der Waals surface area contributed by atoms with Gasteiger partial charge in [0.1, 0.15) is 5.56 Å². The summed E-state index contributed by atoms with van der Waals surface area (Å²) in [7, 11) is 1.69. The molecule has 0 bridgehead atoms. The van der Waals surface area contributed by atoms with E-state index in [-0.39, 0.29) is 5.56 Å². The fraction of sp³-hybridized carbons (Fsp3) is 0.143. The molecule has 2 aromatic rings.